The standard InChI is InChI=1S/C2H2N3.Na/c1-3-2-5-4-1;/h1-2H;/q-1;+1. The largest absolute Gasteiger partial charge is 1.00 e. The molecule has 0 aliphatic carbocycles. The number of aromatic nitrogens is 3. The van der Waals surface area contributed by atoms with Crippen molar-refractivity contribution in [3.05, 3.63) is 12.7 Å². The summed E-state index contributed by atoms with van der Waals surface area (Å²) in [6.45, 7) is 0. The van der Waals surface area contributed by atoms with Gasteiger partial charge in [0.1, 0.15) is 0 Å². The summed E-state index contributed by atoms with van der Waals surface area (Å²) in [5, 5.41) is 6.72. The molecule has 0 atom stereocenters. The smallest absolute Gasteiger partial charge is 0.374 e. The Kier molecular flexibility index (Phi) is 3.41. The number of nitrogens with zero attached hydrogens (tertiary/aromatic N) is 3. The third-order valence-electron chi connectivity index (χ3n) is 0.303. The summed E-state index contributed by atoms with van der Waals surface area (Å²) >= 11 is 0. The van der Waals surface area contributed by atoms with Crippen LogP contribution in [-0.2, 0) is 0 Å². The molecule has 0 unspecified atom stereocenters. The van der Waals surface area contributed by atoms with Crippen LogP contribution in [0.1, 0.15) is 0 Å². The van der Waals surface area contributed by atoms with Crippen molar-refractivity contribution in [3.63, 3.8) is 0 Å². The van der Waals surface area contributed by atoms with Crippen LogP contribution in [0.15, 0.2) is 12.7 Å². The average Bonchev–Trinajstić information content (AvgIpc) is 1.76. The van der Waals surface area contributed by atoms with E-state index in [0.717, 1.165) is 0 Å². The second-order valence-electron chi connectivity index (χ2n) is 0.611. The Labute approximate surface area is 57.5 Å². The molecule has 0 amide bonds. The van der Waals surface area contributed by atoms with E-state index in [-0.39, 0.29) is 29.6 Å². The van der Waals surface area contributed by atoms with E-state index >= 15 is 0 Å². The average molecular weight is 91.0 g/mol. The molecule has 0 saturated carbocycles. The summed E-state index contributed by atoms with van der Waals surface area (Å²) < 4.78 is 0. The maximum absolute atomic E-state index is 3.50. The van der Waals surface area contributed by atoms with Crippen LogP contribution in [-0.4, -0.2) is 10.2 Å². The second-order valence-corrected chi connectivity index (χ2v) is 0.611. The van der Waals surface area contributed by atoms with Gasteiger partial charge in [-0.3, -0.25) is 0 Å². The Morgan fingerprint density at radius 1 is 1.17 bits per heavy atom. The first-order valence-electron chi connectivity index (χ1n) is 1.23. The van der Waals surface area contributed by atoms with Gasteiger partial charge in [0.25, 0.3) is 0 Å². The molecule has 0 radical (unpaired) electrons. The van der Waals surface area contributed by atoms with Crippen LogP contribution in [0.25, 0.3) is 0 Å². The fraction of sp³-hybridized carbons (Fsp3) is 0. The van der Waals surface area contributed by atoms with E-state index in [1.54, 1.807) is 0 Å². The van der Waals surface area contributed by atoms with E-state index in [4.69, 9.17) is 0 Å². The summed E-state index contributed by atoms with van der Waals surface area (Å²) in [5.74, 6) is 0. The summed E-state index contributed by atoms with van der Waals surface area (Å²) in [6.07, 6.45) is 2.78. The predicted molar refractivity (Wildman–Crippen MR) is 15.4 cm³/mol. The fourth-order valence-electron chi connectivity index (χ4n) is 0.149. The molecule has 1 aromatic rings. The summed E-state index contributed by atoms with van der Waals surface area (Å²) in [6, 6.07) is 0. The van der Waals surface area contributed by atoms with E-state index in [2.05, 4.69) is 15.2 Å². The maximum Gasteiger partial charge on any atom is 1.00 e. The quantitative estimate of drug-likeness (QED) is 0.310. The van der Waals surface area contributed by atoms with Gasteiger partial charge in [-0.1, -0.05) is 0 Å². The van der Waals surface area contributed by atoms with Crippen molar-refractivity contribution in [3.8, 4) is 0 Å². The van der Waals surface area contributed by atoms with Crippen molar-refractivity contribution in [2.24, 2.45) is 0 Å². The minimum Gasteiger partial charge on any atom is -0.374 e. The molecule has 0 aliphatic rings. The van der Waals surface area contributed by atoms with Gasteiger partial charge in [-0.15, -0.1) is 0 Å². The van der Waals surface area contributed by atoms with Crippen molar-refractivity contribution in [1.82, 2.24) is 15.2 Å². The minimum atomic E-state index is 0. The predicted octanol–water partition coefficient (Wildman–Crippen LogP) is -3.56. The van der Waals surface area contributed by atoms with Crippen molar-refractivity contribution < 1.29 is 29.6 Å². The molecule has 0 spiro atoms. The monoisotopic (exact) mass is 91.0 g/mol. The summed E-state index contributed by atoms with van der Waals surface area (Å²) in [7, 11) is 0. The van der Waals surface area contributed by atoms with Gasteiger partial charge in [-0.2, -0.15) is 0 Å². The van der Waals surface area contributed by atoms with Crippen LogP contribution < -0.4 is 34.5 Å². The first kappa shape index (κ1) is 6.14. The topological polar surface area (TPSA) is 39.9 Å². The Hall–Kier alpha value is 0.140. The van der Waals surface area contributed by atoms with Crippen LogP contribution in [0.3, 0.4) is 0 Å². The van der Waals surface area contributed by atoms with Crippen LogP contribution in [0.2, 0.25) is 0 Å². The third-order valence-corrected chi connectivity index (χ3v) is 0.303. The SMILES string of the molecule is [Na+].c1nnc[n-]1. The van der Waals surface area contributed by atoms with Crippen molar-refractivity contribution in [1.29, 1.82) is 0 Å². The summed E-state index contributed by atoms with van der Waals surface area (Å²) in [4.78, 5) is 3.50. The molecule has 6 heavy (non-hydrogen) atoms. The Balaban J connectivity index is 0.000000250. The molecule has 0 N–H and O–H groups in total. The molecule has 26 valence electrons. The molecule has 1 rings (SSSR count). The van der Waals surface area contributed by atoms with Gasteiger partial charge in [0.05, 0.1) is 0 Å². The molecule has 3 nitrogen and oxygen atoms in total. The molecule has 0 fully saturated rings. The molecule has 0 saturated heterocycles. The first-order valence-corrected chi connectivity index (χ1v) is 1.23. The van der Waals surface area contributed by atoms with E-state index in [1.807, 2.05) is 0 Å². The number of rotatable bonds is 0. The van der Waals surface area contributed by atoms with E-state index in [1.165, 1.54) is 12.7 Å². The summed E-state index contributed by atoms with van der Waals surface area (Å²) in [5.41, 5.74) is 0. The molecule has 1 aromatic heterocycles. The Morgan fingerprint density at radius 2 is 1.67 bits per heavy atom. The molecular formula is C2H2N3Na. The Bertz CT molecular complexity index is 65.3. The van der Waals surface area contributed by atoms with E-state index in [0.29, 0.717) is 0 Å². The normalized spacial score (nSPS) is 6.67. The van der Waals surface area contributed by atoms with Crippen LogP contribution in [0, 0.1) is 0 Å². The van der Waals surface area contributed by atoms with Gasteiger partial charge in [-0.05, 0) is 12.7 Å². The maximum atomic E-state index is 3.50. The molecular weight excluding hydrogens is 89.0 g/mol. The van der Waals surface area contributed by atoms with Crippen LogP contribution in [0.5, 0.6) is 0 Å². The van der Waals surface area contributed by atoms with Gasteiger partial charge in [0, 0.05) is 0 Å². The van der Waals surface area contributed by atoms with Crippen molar-refractivity contribution in [2.75, 3.05) is 0 Å². The molecule has 0 aliphatic heterocycles. The third kappa shape index (κ3) is 1.55. The van der Waals surface area contributed by atoms with E-state index in [9.17, 15) is 0 Å². The zero-order valence-electron chi connectivity index (χ0n) is 3.50. The van der Waals surface area contributed by atoms with Gasteiger partial charge in [0.2, 0.25) is 0 Å². The molecule has 1 heterocycles. The van der Waals surface area contributed by atoms with Gasteiger partial charge in [0.15, 0.2) is 0 Å². The van der Waals surface area contributed by atoms with Gasteiger partial charge in [-0.25, -0.2) is 0 Å². The zero-order chi connectivity index (χ0) is 3.54. The van der Waals surface area contributed by atoms with Crippen molar-refractivity contribution >= 4 is 0 Å². The van der Waals surface area contributed by atoms with E-state index < -0.39 is 0 Å². The molecule has 0 bridgehead atoms. The molecule has 4 heteroatoms. The first-order chi connectivity index (χ1) is 2.50. The van der Waals surface area contributed by atoms with Gasteiger partial charge >= 0.3 is 29.6 Å². The molecule has 0 aromatic carbocycles. The van der Waals surface area contributed by atoms with Crippen LogP contribution in [0.4, 0.5) is 0 Å². The number of hydrogen-bond acceptors (Lipinski definition) is 2. The minimum absolute atomic E-state index is 0. The van der Waals surface area contributed by atoms with Crippen LogP contribution >= 0.6 is 0 Å². The Morgan fingerprint density at radius 3 is 1.83 bits per heavy atom. The zero-order valence-corrected chi connectivity index (χ0v) is 5.50. The number of hydrogen-bond donors (Lipinski definition) is 0. The fourth-order valence-corrected chi connectivity index (χ4v) is 0.149. The van der Waals surface area contributed by atoms with Crippen molar-refractivity contribution in [2.45, 2.75) is 0 Å². The van der Waals surface area contributed by atoms with Gasteiger partial charge < -0.3 is 15.2 Å². The second kappa shape index (κ2) is 3.33.